The molecule has 2 N–H and O–H groups in total. The van der Waals surface area contributed by atoms with Crippen LogP contribution in [-0.2, 0) is 0 Å². The van der Waals surface area contributed by atoms with Crippen LogP contribution in [0.3, 0.4) is 0 Å². The first-order chi connectivity index (χ1) is 11.2. The van der Waals surface area contributed by atoms with Gasteiger partial charge in [0.05, 0.1) is 6.61 Å². The number of urea groups is 1. The summed E-state index contributed by atoms with van der Waals surface area (Å²) in [6.07, 6.45) is 0.948. The summed E-state index contributed by atoms with van der Waals surface area (Å²) in [7, 11) is 1.69. The van der Waals surface area contributed by atoms with Gasteiger partial charge >= 0.3 is 6.03 Å². The Balaban J connectivity index is 1.59. The number of carbonyl (C=O) groups is 1. The van der Waals surface area contributed by atoms with Gasteiger partial charge in [0, 0.05) is 52.0 Å². The molecule has 1 aliphatic rings. The third-order valence-electron chi connectivity index (χ3n) is 4.20. The maximum absolute atomic E-state index is 11.7. The number of benzene rings is 1. The van der Waals surface area contributed by atoms with Crippen molar-refractivity contribution in [3.63, 3.8) is 0 Å². The fraction of sp³-hybridized carbons (Fsp3) is 0.588. The zero-order valence-electron chi connectivity index (χ0n) is 13.9. The Labute approximate surface area is 138 Å². The van der Waals surface area contributed by atoms with Crippen molar-refractivity contribution in [2.24, 2.45) is 0 Å². The fourth-order valence-corrected chi connectivity index (χ4v) is 2.75. The molecule has 0 saturated carbocycles. The fourth-order valence-electron chi connectivity index (χ4n) is 2.75. The van der Waals surface area contributed by atoms with Crippen LogP contribution < -0.4 is 10.2 Å². The van der Waals surface area contributed by atoms with Crippen LogP contribution >= 0.6 is 0 Å². The van der Waals surface area contributed by atoms with Gasteiger partial charge in [0.15, 0.2) is 0 Å². The predicted octanol–water partition coefficient (Wildman–Crippen LogP) is 0.832. The Bertz CT molecular complexity index is 461. The predicted molar refractivity (Wildman–Crippen MR) is 92.8 cm³/mol. The van der Waals surface area contributed by atoms with Gasteiger partial charge < -0.3 is 20.2 Å². The van der Waals surface area contributed by atoms with Crippen molar-refractivity contribution in [2.45, 2.75) is 6.42 Å². The van der Waals surface area contributed by atoms with Crippen LogP contribution in [-0.4, -0.2) is 80.4 Å². The number of nitrogens with one attached hydrogen (secondary N) is 1. The standard InChI is InChI=1S/C17H28N4O2/c1-19(14-15-22)17(23)18-8-5-9-20-10-12-21(13-11-20)16-6-3-2-4-7-16/h2-4,6-7,22H,5,8-15H2,1H3,(H,18,23). The molecule has 0 unspecified atom stereocenters. The number of carbonyl (C=O) groups excluding carboxylic acids is 1. The minimum Gasteiger partial charge on any atom is -0.395 e. The van der Waals surface area contributed by atoms with E-state index in [1.165, 1.54) is 10.6 Å². The SMILES string of the molecule is CN(CCO)C(=O)NCCCN1CCN(c2ccccc2)CC1. The zero-order valence-corrected chi connectivity index (χ0v) is 13.9. The van der Waals surface area contributed by atoms with Crippen molar-refractivity contribution in [1.29, 1.82) is 0 Å². The van der Waals surface area contributed by atoms with E-state index in [9.17, 15) is 4.79 Å². The van der Waals surface area contributed by atoms with Crippen molar-refractivity contribution in [2.75, 3.05) is 64.4 Å². The number of likely N-dealkylation sites (N-methyl/N-ethyl adjacent to an activating group) is 1. The first-order valence-corrected chi connectivity index (χ1v) is 8.33. The molecule has 6 heteroatoms. The number of aliphatic hydroxyl groups excluding tert-OH is 1. The molecule has 1 aromatic carbocycles. The number of hydrogen-bond donors (Lipinski definition) is 2. The smallest absolute Gasteiger partial charge is 0.317 e. The van der Waals surface area contributed by atoms with Gasteiger partial charge in [-0.25, -0.2) is 4.79 Å². The topological polar surface area (TPSA) is 59.1 Å². The lowest BCUT2D eigenvalue weighted by Gasteiger charge is -2.36. The van der Waals surface area contributed by atoms with Crippen molar-refractivity contribution in [3.05, 3.63) is 30.3 Å². The number of rotatable bonds is 7. The Kier molecular flexibility index (Phi) is 7.16. The first-order valence-electron chi connectivity index (χ1n) is 8.33. The lowest BCUT2D eigenvalue weighted by atomic mass is 10.2. The van der Waals surface area contributed by atoms with Crippen LogP contribution in [0.25, 0.3) is 0 Å². The van der Waals surface area contributed by atoms with Crippen LogP contribution in [0.4, 0.5) is 10.5 Å². The highest BCUT2D eigenvalue weighted by Gasteiger charge is 2.16. The van der Waals surface area contributed by atoms with Crippen LogP contribution in [0.5, 0.6) is 0 Å². The van der Waals surface area contributed by atoms with Gasteiger partial charge in [0.2, 0.25) is 0 Å². The minimum atomic E-state index is -0.118. The summed E-state index contributed by atoms with van der Waals surface area (Å²) in [6, 6.07) is 10.4. The average Bonchev–Trinajstić information content (AvgIpc) is 2.60. The number of piperazine rings is 1. The van der Waals surface area contributed by atoms with Gasteiger partial charge in [0.1, 0.15) is 0 Å². The molecule has 1 saturated heterocycles. The summed E-state index contributed by atoms with van der Waals surface area (Å²) in [6.45, 7) is 6.27. The molecule has 0 spiro atoms. The van der Waals surface area contributed by atoms with E-state index in [4.69, 9.17) is 5.11 Å². The molecule has 1 fully saturated rings. The molecule has 1 heterocycles. The van der Waals surface area contributed by atoms with E-state index in [0.717, 1.165) is 39.1 Å². The number of nitrogens with zero attached hydrogens (tertiary/aromatic N) is 3. The molecular formula is C17H28N4O2. The number of anilines is 1. The Hall–Kier alpha value is -1.79. The number of hydrogen-bond acceptors (Lipinski definition) is 4. The van der Waals surface area contributed by atoms with E-state index >= 15 is 0 Å². The van der Waals surface area contributed by atoms with E-state index in [-0.39, 0.29) is 12.6 Å². The molecule has 0 radical (unpaired) electrons. The van der Waals surface area contributed by atoms with E-state index in [1.807, 2.05) is 6.07 Å². The molecule has 2 amide bonds. The molecule has 0 atom stereocenters. The van der Waals surface area contributed by atoms with Crippen molar-refractivity contribution < 1.29 is 9.90 Å². The largest absolute Gasteiger partial charge is 0.395 e. The molecule has 0 aliphatic carbocycles. The maximum atomic E-state index is 11.7. The van der Waals surface area contributed by atoms with Gasteiger partial charge in [0.25, 0.3) is 0 Å². The minimum absolute atomic E-state index is 0.00435. The van der Waals surface area contributed by atoms with E-state index < -0.39 is 0 Å². The monoisotopic (exact) mass is 320 g/mol. The summed E-state index contributed by atoms with van der Waals surface area (Å²) in [4.78, 5) is 18.0. The molecule has 2 rings (SSSR count). The molecular weight excluding hydrogens is 292 g/mol. The van der Waals surface area contributed by atoms with Crippen molar-refractivity contribution >= 4 is 11.7 Å². The molecule has 1 aliphatic heterocycles. The van der Waals surface area contributed by atoms with Crippen molar-refractivity contribution in [3.8, 4) is 0 Å². The maximum Gasteiger partial charge on any atom is 0.317 e. The number of amides is 2. The second kappa shape index (κ2) is 9.37. The lowest BCUT2D eigenvalue weighted by Crippen LogP contribution is -2.47. The quantitative estimate of drug-likeness (QED) is 0.731. The van der Waals surface area contributed by atoms with Crippen LogP contribution in [0.15, 0.2) is 30.3 Å². The van der Waals surface area contributed by atoms with Crippen LogP contribution in [0, 0.1) is 0 Å². The van der Waals surface area contributed by atoms with E-state index in [0.29, 0.717) is 13.1 Å². The molecule has 128 valence electrons. The number of aliphatic hydroxyl groups is 1. The highest BCUT2D eigenvalue weighted by atomic mass is 16.3. The first kappa shape index (κ1) is 17.6. The summed E-state index contributed by atoms with van der Waals surface area (Å²) in [5.74, 6) is 0. The highest BCUT2D eigenvalue weighted by molar-refractivity contribution is 5.73. The highest BCUT2D eigenvalue weighted by Crippen LogP contribution is 2.15. The number of para-hydroxylation sites is 1. The van der Waals surface area contributed by atoms with Gasteiger partial charge in [-0.2, -0.15) is 0 Å². The summed E-state index contributed by atoms with van der Waals surface area (Å²) < 4.78 is 0. The Morgan fingerprint density at radius 1 is 1.22 bits per heavy atom. The van der Waals surface area contributed by atoms with Crippen LogP contribution in [0.1, 0.15) is 6.42 Å². The Morgan fingerprint density at radius 3 is 2.57 bits per heavy atom. The van der Waals surface area contributed by atoms with Gasteiger partial charge in [-0.3, -0.25) is 4.90 Å². The zero-order chi connectivity index (χ0) is 16.5. The van der Waals surface area contributed by atoms with Gasteiger partial charge in [-0.05, 0) is 25.1 Å². The molecule has 0 aromatic heterocycles. The third kappa shape index (κ3) is 5.73. The van der Waals surface area contributed by atoms with Crippen molar-refractivity contribution in [1.82, 2.24) is 15.1 Å². The summed E-state index contributed by atoms with van der Waals surface area (Å²) in [5.41, 5.74) is 1.30. The summed E-state index contributed by atoms with van der Waals surface area (Å²) in [5, 5.41) is 11.7. The van der Waals surface area contributed by atoms with E-state index in [2.05, 4.69) is 39.4 Å². The van der Waals surface area contributed by atoms with E-state index in [1.54, 1.807) is 7.05 Å². The third-order valence-corrected chi connectivity index (χ3v) is 4.20. The molecule has 6 nitrogen and oxygen atoms in total. The lowest BCUT2D eigenvalue weighted by molar-refractivity contribution is 0.189. The van der Waals surface area contributed by atoms with Crippen LogP contribution in [0.2, 0.25) is 0 Å². The van der Waals surface area contributed by atoms with Gasteiger partial charge in [-0.1, -0.05) is 18.2 Å². The molecule has 1 aromatic rings. The second-order valence-corrected chi connectivity index (χ2v) is 5.89. The molecule has 0 bridgehead atoms. The Morgan fingerprint density at radius 2 is 1.91 bits per heavy atom. The normalized spacial score (nSPS) is 15.5. The van der Waals surface area contributed by atoms with Gasteiger partial charge in [-0.15, -0.1) is 0 Å². The summed E-state index contributed by atoms with van der Waals surface area (Å²) >= 11 is 0. The molecule has 23 heavy (non-hydrogen) atoms. The second-order valence-electron chi connectivity index (χ2n) is 5.89. The average molecular weight is 320 g/mol.